The van der Waals surface area contributed by atoms with Crippen molar-refractivity contribution in [3.05, 3.63) is 35.9 Å². The molecule has 1 N–H and O–H groups in total. The first-order valence-electron chi connectivity index (χ1n) is 8.88. The Hall–Kier alpha value is -0.733. The molecule has 146 valence electrons. The number of halogens is 1. The highest BCUT2D eigenvalue weighted by Gasteiger charge is 2.45. The number of hydrogen-bond donors (Lipinski definition) is 1. The van der Waals surface area contributed by atoms with Gasteiger partial charge in [0.05, 0.1) is 11.7 Å². The van der Waals surface area contributed by atoms with Crippen molar-refractivity contribution in [1.82, 2.24) is 0 Å². The van der Waals surface area contributed by atoms with E-state index >= 15 is 0 Å². The summed E-state index contributed by atoms with van der Waals surface area (Å²) in [5.41, 5.74) is 0.494. The van der Waals surface area contributed by atoms with E-state index in [-0.39, 0.29) is 5.04 Å². The lowest BCUT2D eigenvalue weighted by Gasteiger charge is -2.44. The van der Waals surface area contributed by atoms with E-state index in [9.17, 15) is 9.90 Å². The molecule has 0 amide bonds. The third-order valence-electron chi connectivity index (χ3n) is 5.18. The minimum atomic E-state index is -2.09. The van der Waals surface area contributed by atoms with Gasteiger partial charge in [0.1, 0.15) is 12.2 Å². The van der Waals surface area contributed by atoms with Crippen LogP contribution in [0.5, 0.6) is 0 Å². The maximum Gasteiger partial charge on any atom is 0.338 e. The van der Waals surface area contributed by atoms with Gasteiger partial charge in [0, 0.05) is 11.8 Å². The highest BCUT2D eigenvalue weighted by molar-refractivity contribution is 9.09. The molecule has 5 nitrogen and oxygen atoms in total. The number of aliphatic hydroxyl groups is 1. The monoisotopic (exact) mass is 444 g/mol. The first-order valence-corrected chi connectivity index (χ1v) is 12.9. The molecule has 0 unspecified atom stereocenters. The molecule has 0 aliphatic carbocycles. The second kappa shape index (κ2) is 8.52. The summed E-state index contributed by atoms with van der Waals surface area (Å²) in [7, 11) is -2.09. The van der Waals surface area contributed by atoms with Crippen LogP contribution >= 0.6 is 15.9 Å². The molecule has 1 aliphatic rings. The van der Waals surface area contributed by atoms with Crippen LogP contribution in [0, 0.1) is 0 Å². The fraction of sp³-hybridized carbons (Fsp3) is 0.632. The molecule has 1 aromatic rings. The van der Waals surface area contributed by atoms with E-state index in [0.717, 1.165) is 0 Å². The van der Waals surface area contributed by atoms with Crippen LogP contribution in [-0.4, -0.2) is 49.3 Å². The van der Waals surface area contributed by atoms with Crippen LogP contribution in [0.1, 0.15) is 37.6 Å². The zero-order chi connectivity index (χ0) is 19.5. The fourth-order valence-corrected chi connectivity index (χ4v) is 4.45. The van der Waals surface area contributed by atoms with Gasteiger partial charge < -0.3 is 19.0 Å². The molecule has 4 atom stereocenters. The molecule has 1 aliphatic heterocycles. The lowest BCUT2D eigenvalue weighted by molar-refractivity contribution is -0.235. The molecule has 1 fully saturated rings. The highest BCUT2D eigenvalue weighted by atomic mass is 79.9. The van der Waals surface area contributed by atoms with Gasteiger partial charge in [-0.1, -0.05) is 54.9 Å². The first-order chi connectivity index (χ1) is 12.0. The molecule has 0 spiro atoms. The number of esters is 1. The zero-order valence-electron chi connectivity index (χ0n) is 16.1. The Balaban J connectivity index is 2.11. The predicted octanol–water partition coefficient (Wildman–Crippen LogP) is 4.10. The smallest absolute Gasteiger partial charge is 0.338 e. The number of hydrogen-bond acceptors (Lipinski definition) is 5. The van der Waals surface area contributed by atoms with Crippen molar-refractivity contribution in [2.45, 2.75) is 69.9 Å². The summed E-state index contributed by atoms with van der Waals surface area (Å²) in [4.78, 5) is 12.4. The quantitative estimate of drug-likeness (QED) is 0.420. The molecule has 1 heterocycles. The van der Waals surface area contributed by atoms with Crippen LogP contribution in [0.3, 0.4) is 0 Å². The Labute approximate surface area is 165 Å². The van der Waals surface area contributed by atoms with Crippen molar-refractivity contribution in [3.63, 3.8) is 0 Å². The number of ether oxygens (including phenoxy) is 2. The molecule has 0 saturated carbocycles. The largest absolute Gasteiger partial charge is 0.456 e. The average Bonchev–Trinajstić information content (AvgIpc) is 2.57. The summed E-state index contributed by atoms with van der Waals surface area (Å²) in [6.07, 6.45) is -2.04. The molecule has 0 radical (unpaired) electrons. The third kappa shape index (κ3) is 5.16. The standard InChI is InChI=1S/C19H29BrO5Si/c1-19(2,3)26(4,5)25-15-11-14(16(12-20)24-18(15)22)23-17(21)13-9-7-6-8-10-13/h6-10,14-16,18,22H,11-12H2,1-5H3/t14-,15+,16+,18+/m0/s1. The molecule has 0 aromatic heterocycles. The molecular formula is C19H29BrO5Si. The number of carbonyl (C=O) groups is 1. The van der Waals surface area contributed by atoms with Gasteiger partial charge in [-0.2, -0.15) is 0 Å². The third-order valence-corrected chi connectivity index (χ3v) is 10.3. The summed E-state index contributed by atoms with van der Waals surface area (Å²) in [6.45, 7) is 10.7. The molecule has 2 rings (SSSR count). The molecule has 1 saturated heterocycles. The molecule has 0 bridgehead atoms. The minimum absolute atomic E-state index is 0.00913. The van der Waals surface area contributed by atoms with Crippen LogP contribution < -0.4 is 0 Å². The number of benzene rings is 1. The maximum absolute atomic E-state index is 12.4. The number of rotatable bonds is 5. The summed E-state index contributed by atoms with van der Waals surface area (Å²) in [5.74, 6) is -0.396. The molecular weight excluding hydrogens is 416 g/mol. The Kier molecular flexibility index (Phi) is 7.07. The average molecular weight is 445 g/mol. The number of aliphatic hydroxyl groups excluding tert-OH is 1. The van der Waals surface area contributed by atoms with Crippen LogP contribution in [-0.2, 0) is 13.9 Å². The number of carbonyl (C=O) groups excluding carboxylic acids is 1. The maximum atomic E-state index is 12.4. The van der Waals surface area contributed by atoms with Crippen LogP contribution in [0.4, 0.5) is 0 Å². The second-order valence-electron chi connectivity index (χ2n) is 8.18. The lowest BCUT2D eigenvalue weighted by atomic mass is 10.0. The second-order valence-corrected chi connectivity index (χ2v) is 13.6. The predicted molar refractivity (Wildman–Crippen MR) is 107 cm³/mol. The Bertz CT molecular complexity index is 602. The van der Waals surface area contributed by atoms with Gasteiger partial charge in [0.15, 0.2) is 14.6 Å². The van der Waals surface area contributed by atoms with Crippen LogP contribution in [0.25, 0.3) is 0 Å². The van der Waals surface area contributed by atoms with Gasteiger partial charge in [-0.25, -0.2) is 4.79 Å². The minimum Gasteiger partial charge on any atom is -0.456 e. The zero-order valence-corrected chi connectivity index (χ0v) is 18.7. The van der Waals surface area contributed by atoms with E-state index in [1.165, 1.54) is 0 Å². The van der Waals surface area contributed by atoms with Gasteiger partial charge in [0.2, 0.25) is 0 Å². The van der Waals surface area contributed by atoms with Gasteiger partial charge in [-0.3, -0.25) is 0 Å². The van der Waals surface area contributed by atoms with Crippen molar-refractivity contribution in [2.24, 2.45) is 0 Å². The molecule has 26 heavy (non-hydrogen) atoms. The fourth-order valence-electron chi connectivity index (χ4n) is 2.55. The Morgan fingerprint density at radius 2 is 1.88 bits per heavy atom. The van der Waals surface area contributed by atoms with E-state index in [4.69, 9.17) is 13.9 Å². The summed E-state index contributed by atoms with van der Waals surface area (Å²) in [6, 6.07) is 8.87. The van der Waals surface area contributed by atoms with E-state index in [1.54, 1.807) is 24.3 Å². The van der Waals surface area contributed by atoms with Gasteiger partial charge in [0.25, 0.3) is 0 Å². The van der Waals surface area contributed by atoms with Gasteiger partial charge >= 0.3 is 5.97 Å². The topological polar surface area (TPSA) is 65.0 Å². The Morgan fingerprint density at radius 3 is 2.42 bits per heavy atom. The van der Waals surface area contributed by atoms with E-state index in [1.807, 2.05) is 6.07 Å². The SMILES string of the molecule is CC(C)(C)[Si](C)(C)O[C@@H]1C[C@H](OC(=O)c2ccccc2)[C@@H](CBr)O[C@H]1O. The summed E-state index contributed by atoms with van der Waals surface area (Å²) < 4.78 is 17.7. The van der Waals surface area contributed by atoms with Gasteiger partial charge in [-0.05, 0) is 30.3 Å². The van der Waals surface area contributed by atoms with Crippen molar-refractivity contribution >= 4 is 30.2 Å². The molecule has 7 heteroatoms. The van der Waals surface area contributed by atoms with Crippen molar-refractivity contribution in [3.8, 4) is 0 Å². The van der Waals surface area contributed by atoms with Crippen molar-refractivity contribution in [1.29, 1.82) is 0 Å². The molecule has 1 aromatic carbocycles. The van der Waals surface area contributed by atoms with Crippen LogP contribution in [0.2, 0.25) is 18.1 Å². The van der Waals surface area contributed by atoms with Crippen molar-refractivity contribution < 1.29 is 23.8 Å². The van der Waals surface area contributed by atoms with Crippen LogP contribution in [0.15, 0.2) is 30.3 Å². The highest BCUT2D eigenvalue weighted by Crippen LogP contribution is 2.39. The normalized spacial score (nSPS) is 27.2. The van der Waals surface area contributed by atoms with E-state index in [0.29, 0.717) is 17.3 Å². The summed E-state index contributed by atoms with van der Waals surface area (Å²) >= 11 is 3.38. The lowest BCUT2D eigenvalue weighted by Crippen LogP contribution is -2.55. The van der Waals surface area contributed by atoms with E-state index < -0.39 is 38.9 Å². The van der Waals surface area contributed by atoms with Gasteiger partial charge in [-0.15, -0.1) is 0 Å². The van der Waals surface area contributed by atoms with Crippen molar-refractivity contribution in [2.75, 3.05) is 5.33 Å². The summed E-state index contributed by atoms with van der Waals surface area (Å²) in [5, 5.41) is 10.9. The van der Waals surface area contributed by atoms with E-state index in [2.05, 4.69) is 49.8 Å². The first kappa shape index (κ1) is 21.6. The number of alkyl halides is 1. The Morgan fingerprint density at radius 1 is 1.27 bits per heavy atom.